The first-order chi connectivity index (χ1) is 11.0. The molecule has 0 atom stereocenters. The fourth-order valence-electron chi connectivity index (χ4n) is 3.41. The average Bonchev–Trinajstić information content (AvgIpc) is 2.50. The number of alkyl halides is 3. The molecule has 0 unspecified atom stereocenters. The van der Waals surface area contributed by atoms with Crippen LogP contribution >= 0.6 is 0 Å². The largest absolute Gasteiger partial charge is 0.391 e. The second-order valence-corrected chi connectivity index (χ2v) is 6.49. The van der Waals surface area contributed by atoms with E-state index in [0.29, 0.717) is 11.6 Å². The number of anilines is 1. The van der Waals surface area contributed by atoms with Crippen LogP contribution in [0, 0.1) is 17.2 Å². The molecule has 1 saturated carbocycles. The first-order valence-electron chi connectivity index (χ1n) is 8.03. The lowest BCUT2D eigenvalue weighted by atomic mass is 9.79. The lowest BCUT2D eigenvalue weighted by Gasteiger charge is -2.41. The molecular formula is C17H20F3N3. The maximum Gasteiger partial charge on any atom is 0.391 e. The fourth-order valence-corrected chi connectivity index (χ4v) is 3.41. The van der Waals surface area contributed by atoms with Crippen molar-refractivity contribution in [3.63, 3.8) is 0 Å². The zero-order chi connectivity index (χ0) is 16.4. The van der Waals surface area contributed by atoms with Crippen LogP contribution in [0.5, 0.6) is 0 Å². The molecule has 1 aromatic carbocycles. The van der Waals surface area contributed by atoms with Gasteiger partial charge in [0.05, 0.1) is 17.6 Å². The number of nitrogens with one attached hydrogen (secondary N) is 1. The number of benzene rings is 1. The van der Waals surface area contributed by atoms with Gasteiger partial charge in [0.1, 0.15) is 0 Å². The summed E-state index contributed by atoms with van der Waals surface area (Å²) in [6, 6.07) is 9.96. The molecule has 0 bridgehead atoms. The molecule has 0 aromatic heterocycles. The Morgan fingerprint density at radius 2 is 1.65 bits per heavy atom. The molecule has 1 saturated heterocycles. The first kappa shape index (κ1) is 16.1. The van der Waals surface area contributed by atoms with Gasteiger partial charge in [-0.1, -0.05) is 0 Å². The minimum Gasteiger partial charge on any atom is -0.371 e. The van der Waals surface area contributed by atoms with Gasteiger partial charge in [-0.15, -0.1) is 0 Å². The quantitative estimate of drug-likeness (QED) is 0.926. The van der Waals surface area contributed by atoms with E-state index >= 15 is 0 Å². The van der Waals surface area contributed by atoms with Crippen molar-refractivity contribution in [2.75, 3.05) is 18.0 Å². The Morgan fingerprint density at radius 3 is 2.17 bits per heavy atom. The van der Waals surface area contributed by atoms with E-state index in [1.54, 1.807) is 0 Å². The van der Waals surface area contributed by atoms with Gasteiger partial charge in [0.15, 0.2) is 0 Å². The van der Waals surface area contributed by atoms with E-state index in [4.69, 9.17) is 5.26 Å². The third-order valence-corrected chi connectivity index (χ3v) is 4.93. The Bertz CT molecular complexity index is 562. The van der Waals surface area contributed by atoms with Gasteiger partial charge in [0, 0.05) is 30.9 Å². The molecule has 0 amide bonds. The number of piperidine rings is 1. The fraction of sp³-hybridized carbons (Fsp3) is 0.588. The zero-order valence-corrected chi connectivity index (χ0v) is 12.8. The molecule has 1 N–H and O–H groups in total. The molecule has 2 aliphatic rings. The van der Waals surface area contributed by atoms with Gasteiger partial charge in [-0.25, -0.2) is 0 Å². The average molecular weight is 323 g/mol. The van der Waals surface area contributed by atoms with Crippen LogP contribution in [0.25, 0.3) is 0 Å². The number of rotatable bonds is 3. The zero-order valence-electron chi connectivity index (χ0n) is 12.8. The highest BCUT2D eigenvalue weighted by atomic mass is 19.4. The molecule has 3 rings (SSSR count). The molecule has 0 spiro atoms. The van der Waals surface area contributed by atoms with Crippen molar-refractivity contribution in [3.8, 4) is 6.07 Å². The van der Waals surface area contributed by atoms with Gasteiger partial charge in [0.25, 0.3) is 0 Å². The highest BCUT2D eigenvalue weighted by Gasteiger charge is 2.48. The number of nitrogens with zero attached hydrogens (tertiary/aromatic N) is 2. The number of halogens is 3. The molecule has 1 aliphatic carbocycles. The molecule has 1 heterocycles. The molecule has 0 radical (unpaired) electrons. The highest BCUT2D eigenvalue weighted by Crippen LogP contribution is 2.41. The van der Waals surface area contributed by atoms with Gasteiger partial charge in [-0.3, -0.25) is 0 Å². The SMILES string of the molecule is N#Cc1ccc(N2CCC(NC3CC(C(F)(F)F)C3)CC2)cc1. The van der Waals surface area contributed by atoms with E-state index in [9.17, 15) is 13.2 Å². The summed E-state index contributed by atoms with van der Waals surface area (Å²) in [6.07, 6.45) is -1.71. The Labute approximate surface area is 134 Å². The molecule has 1 aliphatic heterocycles. The van der Waals surface area contributed by atoms with Crippen LogP contribution in [0.3, 0.4) is 0 Å². The number of nitriles is 1. The summed E-state index contributed by atoms with van der Waals surface area (Å²) in [7, 11) is 0. The van der Waals surface area contributed by atoms with Gasteiger partial charge >= 0.3 is 6.18 Å². The summed E-state index contributed by atoms with van der Waals surface area (Å²) >= 11 is 0. The predicted molar refractivity (Wildman–Crippen MR) is 82.1 cm³/mol. The Balaban J connectivity index is 1.43. The Morgan fingerprint density at radius 1 is 1.04 bits per heavy atom. The molecule has 1 aromatic rings. The highest BCUT2D eigenvalue weighted by molar-refractivity contribution is 5.50. The first-order valence-corrected chi connectivity index (χ1v) is 8.03. The molecule has 124 valence electrons. The Kier molecular flexibility index (Phi) is 4.49. The summed E-state index contributed by atoms with van der Waals surface area (Å²) < 4.78 is 37.5. The molecule has 2 fully saturated rings. The van der Waals surface area contributed by atoms with Crippen LogP contribution in [0.15, 0.2) is 24.3 Å². The van der Waals surface area contributed by atoms with Crippen molar-refractivity contribution in [2.45, 2.75) is 43.9 Å². The topological polar surface area (TPSA) is 39.1 Å². The lowest BCUT2D eigenvalue weighted by Crippen LogP contribution is -2.53. The van der Waals surface area contributed by atoms with Crippen LogP contribution in [-0.2, 0) is 0 Å². The summed E-state index contributed by atoms with van der Waals surface area (Å²) in [5.41, 5.74) is 1.75. The van der Waals surface area contributed by atoms with E-state index in [1.165, 1.54) is 0 Å². The third kappa shape index (κ3) is 3.78. The normalized spacial score (nSPS) is 25.7. The Hall–Kier alpha value is -1.74. The van der Waals surface area contributed by atoms with Gasteiger partial charge in [-0.2, -0.15) is 18.4 Å². The van der Waals surface area contributed by atoms with Crippen molar-refractivity contribution >= 4 is 5.69 Å². The van der Waals surface area contributed by atoms with Crippen LogP contribution in [0.2, 0.25) is 0 Å². The molecule has 6 heteroatoms. The number of hydrogen-bond donors (Lipinski definition) is 1. The van der Waals surface area contributed by atoms with Crippen molar-refractivity contribution in [1.82, 2.24) is 5.32 Å². The van der Waals surface area contributed by atoms with Crippen LogP contribution in [-0.4, -0.2) is 31.3 Å². The molecule has 23 heavy (non-hydrogen) atoms. The van der Waals surface area contributed by atoms with E-state index in [1.807, 2.05) is 24.3 Å². The smallest absolute Gasteiger partial charge is 0.371 e. The summed E-state index contributed by atoms with van der Waals surface area (Å²) in [5, 5.41) is 12.2. The lowest BCUT2D eigenvalue weighted by molar-refractivity contribution is -0.199. The van der Waals surface area contributed by atoms with E-state index in [-0.39, 0.29) is 18.9 Å². The van der Waals surface area contributed by atoms with Gasteiger partial charge in [-0.05, 0) is 49.9 Å². The minimum absolute atomic E-state index is 0.0214. The summed E-state index contributed by atoms with van der Waals surface area (Å²) in [4.78, 5) is 2.26. The molecule has 3 nitrogen and oxygen atoms in total. The van der Waals surface area contributed by atoms with Crippen LogP contribution in [0.4, 0.5) is 18.9 Å². The van der Waals surface area contributed by atoms with Crippen molar-refractivity contribution < 1.29 is 13.2 Å². The maximum absolute atomic E-state index is 12.5. The van der Waals surface area contributed by atoms with Gasteiger partial charge < -0.3 is 10.2 Å². The monoisotopic (exact) mass is 323 g/mol. The predicted octanol–water partition coefficient (Wildman–Crippen LogP) is 3.46. The van der Waals surface area contributed by atoms with Crippen molar-refractivity contribution in [3.05, 3.63) is 29.8 Å². The second-order valence-electron chi connectivity index (χ2n) is 6.49. The van der Waals surface area contributed by atoms with E-state index in [0.717, 1.165) is 31.6 Å². The van der Waals surface area contributed by atoms with E-state index in [2.05, 4.69) is 16.3 Å². The van der Waals surface area contributed by atoms with Crippen molar-refractivity contribution in [2.24, 2.45) is 5.92 Å². The van der Waals surface area contributed by atoms with Crippen LogP contribution in [0.1, 0.15) is 31.2 Å². The summed E-state index contributed by atoms with van der Waals surface area (Å²) in [5.74, 6) is -1.11. The van der Waals surface area contributed by atoms with Gasteiger partial charge in [0.2, 0.25) is 0 Å². The van der Waals surface area contributed by atoms with Crippen molar-refractivity contribution in [1.29, 1.82) is 5.26 Å². The third-order valence-electron chi connectivity index (χ3n) is 4.93. The summed E-state index contributed by atoms with van der Waals surface area (Å²) in [6.45, 7) is 1.78. The van der Waals surface area contributed by atoms with Crippen LogP contribution < -0.4 is 10.2 Å². The van der Waals surface area contributed by atoms with E-state index < -0.39 is 12.1 Å². The second kappa shape index (κ2) is 6.40. The minimum atomic E-state index is -4.03. The standard InChI is InChI=1S/C17H20F3N3/c18-17(19,20)13-9-15(10-13)22-14-5-7-23(8-6-14)16-3-1-12(11-21)2-4-16/h1-4,13-15,22H,5-10H2. The number of hydrogen-bond acceptors (Lipinski definition) is 3. The maximum atomic E-state index is 12.5. The molecular weight excluding hydrogens is 303 g/mol.